The third-order valence-corrected chi connectivity index (χ3v) is 4.41. The first-order valence-corrected chi connectivity index (χ1v) is 8.93. The Hall–Kier alpha value is -3.67. The van der Waals surface area contributed by atoms with Gasteiger partial charge in [0, 0.05) is 24.4 Å². The summed E-state index contributed by atoms with van der Waals surface area (Å²) in [6, 6.07) is 16.7. The zero-order valence-corrected chi connectivity index (χ0v) is 16.1. The van der Waals surface area contributed by atoms with Crippen molar-refractivity contribution in [2.45, 2.75) is 13.8 Å². The van der Waals surface area contributed by atoms with Gasteiger partial charge in [0.1, 0.15) is 0 Å². The highest BCUT2D eigenvalue weighted by atomic mass is 16.2. The van der Waals surface area contributed by atoms with Gasteiger partial charge in [-0.05, 0) is 44.2 Å². The molecule has 2 amide bonds. The molecule has 0 aliphatic rings. The number of nitrogens with one attached hydrogen (secondary N) is 2. The number of anilines is 1. The van der Waals surface area contributed by atoms with Crippen LogP contribution in [-0.2, 0) is 4.79 Å². The Bertz CT molecular complexity index is 1040. The summed E-state index contributed by atoms with van der Waals surface area (Å²) in [6.07, 6.45) is 3.20. The van der Waals surface area contributed by atoms with Crippen molar-refractivity contribution in [3.8, 4) is 5.69 Å². The molecule has 0 atom stereocenters. The molecule has 3 aromatic rings. The van der Waals surface area contributed by atoms with Crippen molar-refractivity contribution >= 4 is 23.6 Å². The van der Waals surface area contributed by atoms with Crippen molar-refractivity contribution < 1.29 is 9.59 Å². The predicted molar refractivity (Wildman–Crippen MR) is 111 cm³/mol. The number of carbonyl (C=O) groups excluding carboxylic acids is 2. The summed E-state index contributed by atoms with van der Waals surface area (Å²) in [5, 5.41) is 9.90. The zero-order valence-electron chi connectivity index (χ0n) is 16.1. The van der Waals surface area contributed by atoms with E-state index in [1.54, 1.807) is 37.4 Å². The maximum Gasteiger partial charge on any atom is 0.253 e. The highest BCUT2D eigenvalue weighted by molar-refractivity contribution is 6.07. The van der Waals surface area contributed by atoms with E-state index in [1.807, 2.05) is 48.9 Å². The quantitative estimate of drug-likeness (QED) is 0.671. The first kappa shape index (κ1) is 19.1. The maximum atomic E-state index is 12.4. The van der Waals surface area contributed by atoms with Gasteiger partial charge in [-0.1, -0.05) is 30.3 Å². The maximum absolute atomic E-state index is 12.4. The molecule has 0 saturated heterocycles. The van der Waals surface area contributed by atoms with Gasteiger partial charge in [-0.15, -0.1) is 0 Å². The van der Waals surface area contributed by atoms with Crippen LogP contribution in [0.15, 0.2) is 60.7 Å². The average Bonchev–Trinajstić information content (AvgIpc) is 3.00. The molecule has 1 heterocycles. The van der Waals surface area contributed by atoms with E-state index in [-0.39, 0.29) is 11.8 Å². The molecule has 6 heteroatoms. The molecule has 3 rings (SSSR count). The summed E-state index contributed by atoms with van der Waals surface area (Å²) in [5.41, 5.74) is 4.50. The lowest BCUT2D eigenvalue weighted by Gasteiger charge is -2.08. The van der Waals surface area contributed by atoms with Crippen LogP contribution in [-0.4, -0.2) is 28.6 Å². The molecule has 28 heavy (non-hydrogen) atoms. The number of para-hydroxylation sites is 2. The summed E-state index contributed by atoms with van der Waals surface area (Å²) in [4.78, 5) is 24.3. The van der Waals surface area contributed by atoms with Gasteiger partial charge in [-0.2, -0.15) is 5.10 Å². The van der Waals surface area contributed by atoms with E-state index in [0.717, 1.165) is 22.6 Å². The lowest BCUT2D eigenvalue weighted by molar-refractivity contribution is -0.111. The van der Waals surface area contributed by atoms with Crippen LogP contribution in [0.3, 0.4) is 0 Å². The van der Waals surface area contributed by atoms with E-state index in [0.29, 0.717) is 11.3 Å². The Balaban J connectivity index is 1.81. The van der Waals surface area contributed by atoms with E-state index in [4.69, 9.17) is 0 Å². The van der Waals surface area contributed by atoms with E-state index < -0.39 is 0 Å². The second kappa shape index (κ2) is 8.35. The van der Waals surface area contributed by atoms with Gasteiger partial charge >= 0.3 is 0 Å². The number of aryl methyl sites for hydroxylation is 1. The molecule has 0 aliphatic heterocycles. The molecule has 0 unspecified atom stereocenters. The first-order chi connectivity index (χ1) is 13.5. The SMILES string of the molecule is CNC(=O)c1ccccc1NC(=O)C=Cc1c(C)nn(-c2ccccc2)c1C. The van der Waals surface area contributed by atoms with Crippen LogP contribution >= 0.6 is 0 Å². The fourth-order valence-electron chi connectivity index (χ4n) is 2.97. The minimum atomic E-state index is -0.317. The number of hydrogen-bond acceptors (Lipinski definition) is 3. The summed E-state index contributed by atoms with van der Waals surface area (Å²) in [7, 11) is 1.55. The number of amides is 2. The molecule has 0 radical (unpaired) electrons. The van der Waals surface area contributed by atoms with Gasteiger partial charge in [-0.25, -0.2) is 4.68 Å². The normalized spacial score (nSPS) is 10.8. The molecule has 6 nitrogen and oxygen atoms in total. The van der Waals surface area contributed by atoms with Crippen LogP contribution in [0.1, 0.15) is 27.3 Å². The van der Waals surface area contributed by atoms with Crippen molar-refractivity contribution in [2.75, 3.05) is 12.4 Å². The van der Waals surface area contributed by atoms with Crippen LogP contribution in [0.25, 0.3) is 11.8 Å². The molecule has 0 spiro atoms. The van der Waals surface area contributed by atoms with Crippen molar-refractivity contribution in [3.63, 3.8) is 0 Å². The lowest BCUT2D eigenvalue weighted by atomic mass is 10.1. The summed E-state index contributed by atoms with van der Waals surface area (Å²) >= 11 is 0. The Labute approximate surface area is 163 Å². The standard InChI is InChI=1S/C22H22N4O2/c1-15-18(16(2)26(25-15)17-9-5-4-6-10-17)13-14-21(27)24-20-12-8-7-11-19(20)22(28)23-3/h4-14H,1-3H3,(H,23,28)(H,24,27). The van der Waals surface area contributed by atoms with E-state index >= 15 is 0 Å². The number of aromatic nitrogens is 2. The summed E-state index contributed by atoms with van der Waals surface area (Å²) < 4.78 is 1.85. The van der Waals surface area contributed by atoms with Gasteiger partial charge in [0.15, 0.2) is 0 Å². The third kappa shape index (κ3) is 4.01. The van der Waals surface area contributed by atoms with Gasteiger partial charge < -0.3 is 10.6 Å². The van der Waals surface area contributed by atoms with Crippen LogP contribution < -0.4 is 10.6 Å². The highest BCUT2D eigenvalue weighted by Crippen LogP contribution is 2.19. The van der Waals surface area contributed by atoms with Crippen LogP contribution in [0.4, 0.5) is 5.69 Å². The number of benzene rings is 2. The lowest BCUT2D eigenvalue weighted by Crippen LogP contribution is -2.20. The summed E-state index contributed by atoms with van der Waals surface area (Å²) in [5.74, 6) is -0.571. The fraction of sp³-hybridized carbons (Fsp3) is 0.136. The predicted octanol–water partition coefficient (Wildman–Crippen LogP) is 3.50. The molecule has 0 aliphatic carbocycles. The molecule has 2 N–H and O–H groups in total. The minimum absolute atomic E-state index is 0.254. The minimum Gasteiger partial charge on any atom is -0.355 e. The molecular weight excluding hydrogens is 352 g/mol. The van der Waals surface area contributed by atoms with Crippen LogP contribution in [0.5, 0.6) is 0 Å². The number of carbonyl (C=O) groups is 2. The van der Waals surface area contributed by atoms with Crippen molar-refractivity contribution in [1.82, 2.24) is 15.1 Å². The summed E-state index contributed by atoms with van der Waals surface area (Å²) in [6.45, 7) is 3.87. The largest absolute Gasteiger partial charge is 0.355 e. The van der Waals surface area contributed by atoms with Gasteiger partial charge in [0.05, 0.1) is 22.6 Å². The van der Waals surface area contributed by atoms with Crippen molar-refractivity contribution in [2.24, 2.45) is 0 Å². The Morgan fingerprint density at radius 2 is 1.68 bits per heavy atom. The fourth-order valence-corrected chi connectivity index (χ4v) is 2.97. The third-order valence-electron chi connectivity index (χ3n) is 4.41. The van der Waals surface area contributed by atoms with E-state index in [1.165, 1.54) is 6.08 Å². The number of rotatable bonds is 5. The van der Waals surface area contributed by atoms with Crippen molar-refractivity contribution in [3.05, 3.63) is 83.2 Å². The molecule has 2 aromatic carbocycles. The van der Waals surface area contributed by atoms with E-state index in [2.05, 4.69) is 15.7 Å². The number of nitrogens with zero attached hydrogens (tertiary/aromatic N) is 2. The smallest absolute Gasteiger partial charge is 0.253 e. The molecule has 0 saturated carbocycles. The van der Waals surface area contributed by atoms with Gasteiger partial charge in [0.2, 0.25) is 5.91 Å². The van der Waals surface area contributed by atoms with Gasteiger partial charge in [0.25, 0.3) is 5.91 Å². The molecule has 0 fully saturated rings. The number of hydrogen-bond donors (Lipinski definition) is 2. The van der Waals surface area contributed by atoms with Crippen molar-refractivity contribution in [1.29, 1.82) is 0 Å². The Morgan fingerprint density at radius 1 is 1.00 bits per heavy atom. The van der Waals surface area contributed by atoms with Gasteiger partial charge in [-0.3, -0.25) is 9.59 Å². The topological polar surface area (TPSA) is 76.0 Å². The van der Waals surface area contributed by atoms with E-state index in [9.17, 15) is 9.59 Å². The van der Waals surface area contributed by atoms with Crippen LogP contribution in [0.2, 0.25) is 0 Å². The Kier molecular flexibility index (Phi) is 5.69. The highest BCUT2D eigenvalue weighted by Gasteiger charge is 2.12. The van der Waals surface area contributed by atoms with Crippen LogP contribution in [0, 0.1) is 13.8 Å². The second-order valence-electron chi connectivity index (χ2n) is 6.28. The molecule has 142 valence electrons. The monoisotopic (exact) mass is 374 g/mol. The molecule has 1 aromatic heterocycles. The zero-order chi connectivity index (χ0) is 20.1. The average molecular weight is 374 g/mol. The Morgan fingerprint density at radius 3 is 2.39 bits per heavy atom. The second-order valence-corrected chi connectivity index (χ2v) is 6.28. The first-order valence-electron chi connectivity index (χ1n) is 8.93. The molecular formula is C22H22N4O2. The molecule has 0 bridgehead atoms.